The van der Waals surface area contributed by atoms with E-state index in [1.165, 1.54) is 23.6 Å². The topological polar surface area (TPSA) is 95.6 Å². The van der Waals surface area contributed by atoms with Crippen molar-refractivity contribution in [3.05, 3.63) is 23.3 Å². The maximum atomic E-state index is 13.1. The number of carbonyl (C=O) groups excluding carboxylic acids is 2. The normalized spacial score (nSPS) is 27.7. The minimum Gasteiger partial charge on any atom is -0.355 e. The first-order chi connectivity index (χ1) is 16.1. The molecular weight excluding hydrogens is 450 g/mol. The van der Waals surface area contributed by atoms with E-state index in [-0.39, 0.29) is 28.5 Å². The Morgan fingerprint density at radius 3 is 2.09 bits per heavy atom. The maximum Gasteiger partial charge on any atom is 0.243 e. The van der Waals surface area contributed by atoms with Crippen molar-refractivity contribution in [2.24, 2.45) is 23.2 Å². The Hall–Kier alpha value is -1.93. The molecule has 0 heterocycles. The van der Waals surface area contributed by atoms with Crippen LogP contribution in [0.4, 0.5) is 5.69 Å². The first kappa shape index (κ1) is 25.2. The van der Waals surface area contributed by atoms with E-state index >= 15 is 0 Å². The summed E-state index contributed by atoms with van der Waals surface area (Å²) in [6, 6.07) is 3.20. The number of sulfonamides is 1. The second kappa shape index (κ2) is 9.61. The summed E-state index contributed by atoms with van der Waals surface area (Å²) in [5.41, 5.74) is 1.93. The summed E-state index contributed by atoms with van der Waals surface area (Å²) in [4.78, 5) is 26.0. The lowest BCUT2D eigenvalue weighted by atomic mass is 9.49. The largest absolute Gasteiger partial charge is 0.355 e. The molecule has 4 aliphatic rings. The van der Waals surface area contributed by atoms with Crippen molar-refractivity contribution in [3.8, 4) is 0 Å². The number of hydrogen-bond donors (Lipinski definition) is 2. The van der Waals surface area contributed by atoms with Crippen LogP contribution in [0.15, 0.2) is 17.0 Å². The van der Waals surface area contributed by atoms with Crippen molar-refractivity contribution in [2.45, 2.75) is 77.5 Å². The lowest BCUT2D eigenvalue weighted by molar-refractivity contribution is -0.146. The summed E-state index contributed by atoms with van der Waals surface area (Å²) in [6.45, 7) is 8.39. The zero-order valence-electron chi connectivity index (χ0n) is 20.9. The molecule has 2 N–H and O–H groups in total. The van der Waals surface area contributed by atoms with Crippen LogP contribution in [0, 0.1) is 37.0 Å². The highest BCUT2D eigenvalue weighted by molar-refractivity contribution is 7.89. The first-order valence-corrected chi connectivity index (χ1v) is 14.2. The molecule has 4 fully saturated rings. The van der Waals surface area contributed by atoms with Crippen LogP contribution in [0.5, 0.6) is 0 Å². The van der Waals surface area contributed by atoms with Crippen molar-refractivity contribution < 1.29 is 18.0 Å². The molecule has 7 nitrogen and oxygen atoms in total. The molecule has 0 aromatic heterocycles. The summed E-state index contributed by atoms with van der Waals surface area (Å²) in [5, 5.41) is 5.92. The number of hydrogen-bond acceptors (Lipinski definition) is 4. The first-order valence-electron chi connectivity index (χ1n) is 12.8. The molecule has 0 unspecified atom stereocenters. The highest BCUT2D eigenvalue weighted by Crippen LogP contribution is 2.60. The highest BCUT2D eigenvalue weighted by Gasteiger charge is 2.54. The fourth-order valence-electron chi connectivity index (χ4n) is 6.90. The molecule has 5 rings (SSSR count). The lowest BCUT2D eigenvalue weighted by Crippen LogP contribution is -2.53. The van der Waals surface area contributed by atoms with Crippen LogP contribution in [-0.2, 0) is 19.6 Å². The van der Waals surface area contributed by atoms with Gasteiger partial charge in [0.2, 0.25) is 21.8 Å². The number of benzene rings is 1. The van der Waals surface area contributed by atoms with Gasteiger partial charge in [-0.25, -0.2) is 8.42 Å². The van der Waals surface area contributed by atoms with Gasteiger partial charge >= 0.3 is 0 Å². The molecule has 8 heteroatoms. The van der Waals surface area contributed by atoms with Gasteiger partial charge in [-0.1, -0.05) is 13.8 Å². The van der Waals surface area contributed by atoms with Gasteiger partial charge in [-0.2, -0.15) is 4.31 Å². The average Bonchev–Trinajstić information content (AvgIpc) is 2.76. The number of anilines is 1. The number of nitrogens with zero attached hydrogens (tertiary/aromatic N) is 1. The molecule has 0 spiro atoms. The van der Waals surface area contributed by atoms with Gasteiger partial charge in [-0.15, -0.1) is 0 Å². The van der Waals surface area contributed by atoms with Crippen LogP contribution in [0.1, 0.15) is 69.9 Å². The Labute approximate surface area is 204 Å². The van der Waals surface area contributed by atoms with Gasteiger partial charge in [-0.3, -0.25) is 9.59 Å². The summed E-state index contributed by atoms with van der Waals surface area (Å²) < 4.78 is 27.3. The summed E-state index contributed by atoms with van der Waals surface area (Å²) in [5.74, 6) is 1.99. The monoisotopic (exact) mass is 489 g/mol. The third-order valence-electron chi connectivity index (χ3n) is 8.42. The zero-order valence-corrected chi connectivity index (χ0v) is 21.8. The molecule has 4 bridgehead atoms. The molecule has 4 saturated carbocycles. The molecular formula is C26H39N3O4S. The smallest absolute Gasteiger partial charge is 0.243 e. The van der Waals surface area contributed by atoms with Crippen LogP contribution in [-0.4, -0.2) is 44.2 Å². The Bertz CT molecular complexity index is 1030. The van der Waals surface area contributed by atoms with Crippen molar-refractivity contribution in [3.63, 3.8) is 0 Å². The van der Waals surface area contributed by atoms with Crippen LogP contribution in [0.25, 0.3) is 0 Å². The van der Waals surface area contributed by atoms with Gasteiger partial charge in [0.15, 0.2) is 0 Å². The molecule has 34 heavy (non-hydrogen) atoms. The second-order valence-corrected chi connectivity index (χ2v) is 12.7. The van der Waals surface area contributed by atoms with Crippen molar-refractivity contribution >= 4 is 27.5 Å². The predicted octanol–water partition coefficient (Wildman–Crippen LogP) is 4.00. The number of aryl methyl sites for hydroxylation is 1. The Morgan fingerprint density at radius 2 is 1.56 bits per heavy atom. The number of nitrogens with one attached hydrogen (secondary N) is 2. The van der Waals surface area contributed by atoms with E-state index in [0.717, 1.165) is 30.4 Å². The van der Waals surface area contributed by atoms with Gasteiger partial charge in [-0.05, 0) is 93.4 Å². The predicted molar refractivity (Wildman–Crippen MR) is 133 cm³/mol. The summed E-state index contributed by atoms with van der Waals surface area (Å²) in [6.07, 6.45) is 7.03. The van der Waals surface area contributed by atoms with Gasteiger partial charge in [0.1, 0.15) is 0 Å². The minimum atomic E-state index is -3.62. The van der Waals surface area contributed by atoms with Crippen molar-refractivity contribution in [2.75, 3.05) is 25.0 Å². The van der Waals surface area contributed by atoms with E-state index < -0.39 is 10.0 Å². The molecule has 1 aromatic carbocycles. The fraction of sp³-hybridized carbons (Fsp3) is 0.692. The minimum absolute atomic E-state index is 0.124. The van der Waals surface area contributed by atoms with Gasteiger partial charge in [0, 0.05) is 37.2 Å². The van der Waals surface area contributed by atoms with Crippen molar-refractivity contribution in [1.82, 2.24) is 9.62 Å². The Kier molecular flexibility index (Phi) is 7.11. The molecule has 188 valence electrons. The standard InChI is InChI=1S/C26H39N3O4S/c1-5-29(6-2)34(32,33)22-9-17(3)18(4)23(13-22)28-24(30)7-8-27-25(31)26-14-19-10-20(15-26)12-21(11-19)16-26/h9,13,19-21H,5-8,10-12,14-16H2,1-4H3,(H,27,31)(H,28,30). The summed E-state index contributed by atoms with van der Waals surface area (Å²) >= 11 is 0. The zero-order chi connectivity index (χ0) is 24.7. The number of carbonyl (C=O) groups is 2. The van der Waals surface area contributed by atoms with E-state index in [1.54, 1.807) is 12.1 Å². The quantitative estimate of drug-likeness (QED) is 0.548. The fourth-order valence-corrected chi connectivity index (χ4v) is 8.47. The van der Waals surface area contributed by atoms with E-state index in [4.69, 9.17) is 0 Å². The molecule has 0 radical (unpaired) electrons. The van der Waals surface area contributed by atoms with Crippen molar-refractivity contribution in [1.29, 1.82) is 0 Å². The Morgan fingerprint density at radius 1 is 1.00 bits per heavy atom. The molecule has 0 atom stereocenters. The third kappa shape index (κ3) is 4.76. The van der Waals surface area contributed by atoms with Crippen LogP contribution in [0.3, 0.4) is 0 Å². The highest BCUT2D eigenvalue weighted by atomic mass is 32.2. The molecule has 0 saturated heterocycles. The van der Waals surface area contributed by atoms with E-state index in [9.17, 15) is 18.0 Å². The van der Waals surface area contributed by atoms with Crippen LogP contribution in [0.2, 0.25) is 0 Å². The van der Waals surface area contributed by atoms with E-state index in [1.807, 2.05) is 27.7 Å². The van der Waals surface area contributed by atoms with Gasteiger partial charge < -0.3 is 10.6 Å². The SMILES string of the molecule is CCN(CC)S(=O)(=O)c1cc(C)c(C)c(NC(=O)CCNC(=O)C23CC4CC(CC(C4)C2)C3)c1. The number of amides is 2. The van der Waals surface area contributed by atoms with E-state index in [2.05, 4.69) is 10.6 Å². The Balaban J connectivity index is 1.37. The van der Waals surface area contributed by atoms with E-state index in [0.29, 0.717) is 43.1 Å². The van der Waals surface area contributed by atoms with Crippen LogP contribution < -0.4 is 10.6 Å². The number of rotatable bonds is 9. The maximum absolute atomic E-state index is 13.1. The second-order valence-electron chi connectivity index (χ2n) is 10.8. The lowest BCUT2D eigenvalue weighted by Gasteiger charge is -2.55. The van der Waals surface area contributed by atoms with Gasteiger partial charge in [0.05, 0.1) is 4.90 Å². The molecule has 0 aliphatic heterocycles. The van der Waals surface area contributed by atoms with Crippen LogP contribution >= 0.6 is 0 Å². The van der Waals surface area contributed by atoms with Gasteiger partial charge in [0.25, 0.3) is 0 Å². The molecule has 1 aromatic rings. The molecule has 4 aliphatic carbocycles. The average molecular weight is 490 g/mol. The summed E-state index contributed by atoms with van der Waals surface area (Å²) in [7, 11) is -3.62. The molecule has 2 amide bonds. The third-order valence-corrected chi connectivity index (χ3v) is 10.4.